The molecule has 1 unspecified atom stereocenters. The predicted molar refractivity (Wildman–Crippen MR) is 67.8 cm³/mol. The molecule has 114 valence electrons. The standard InChI is InChI=1S/C10H16F3N3O3Si/c1-9(10(11,12)13,19-20(2,3)4)7-15-6-8(5-14-15)16(17)18/h5-6H,7H2,1-4H3. The van der Waals surface area contributed by atoms with Crippen LogP contribution in [0, 0.1) is 10.1 Å². The predicted octanol–water partition coefficient (Wildman–Crippen LogP) is 2.96. The summed E-state index contributed by atoms with van der Waals surface area (Å²) >= 11 is 0. The number of hydrogen-bond donors (Lipinski definition) is 0. The van der Waals surface area contributed by atoms with Crippen LogP contribution in [0.15, 0.2) is 12.4 Å². The summed E-state index contributed by atoms with van der Waals surface area (Å²) in [5.74, 6) is 0. The molecular weight excluding hydrogens is 295 g/mol. The molecule has 0 N–H and O–H groups in total. The van der Waals surface area contributed by atoms with Crippen molar-refractivity contribution in [3.05, 3.63) is 22.5 Å². The Balaban J connectivity index is 3.03. The number of hydrogen-bond acceptors (Lipinski definition) is 4. The van der Waals surface area contributed by atoms with Crippen LogP contribution in [0.5, 0.6) is 0 Å². The number of rotatable bonds is 5. The number of aromatic nitrogens is 2. The van der Waals surface area contributed by atoms with Crippen molar-refractivity contribution in [2.75, 3.05) is 0 Å². The highest BCUT2D eigenvalue weighted by atomic mass is 28.4. The van der Waals surface area contributed by atoms with Crippen LogP contribution in [-0.2, 0) is 11.0 Å². The van der Waals surface area contributed by atoms with Gasteiger partial charge in [0, 0.05) is 0 Å². The topological polar surface area (TPSA) is 70.2 Å². The van der Waals surface area contributed by atoms with Crippen molar-refractivity contribution in [2.45, 2.75) is 44.9 Å². The van der Waals surface area contributed by atoms with Crippen molar-refractivity contribution in [2.24, 2.45) is 0 Å². The first kappa shape index (κ1) is 16.6. The molecule has 0 aliphatic heterocycles. The quantitative estimate of drug-likeness (QED) is 0.476. The first-order chi connectivity index (χ1) is 8.84. The van der Waals surface area contributed by atoms with Gasteiger partial charge in [0.05, 0.1) is 11.5 Å². The Morgan fingerprint density at radius 3 is 2.35 bits per heavy atom. The van der Waals surface area contributed by atoms with Gasteiger partial charge in [-0.05, 0) is 26.6 Å². The lowest BCUT2D eigenvalue weighted by atomic mass is 10.1. The molecule has 0 fully saturated rings. The molecule has 0 aromatic carbocycles. The van der Waals surface area contributed by atoms with Gasteiger partial charge in [-0.25, -0.2) is 0 Å². The van der Waals surface area contributed by atoms with E-state index < -0.39 is 31.6 Å². The normalized spacial score (nSPS) is 15.9. The minimum Gasteiger partial charge on any atom is -0.403 e. The molecule has 1 aromatic rings. The maximum absolute atomic E-state index is 13.2. The van der Waals surface area contributed by atoms with Crippen LogP contribution in [0.4, 0.5) is 18.9 Å². The summed E-state index contributed by atoms with van der Waals surface area (Å²) in [4.78, 5) is 9.80. The Morgan fingerprint density at radius 2 is 2.00 bits per heavy atom. The molecule has 1 aromatic heterocycles. The van der Waals surface area contributed by atoms with Crippen LogP contribution in [0.25, 0.3) is 0 Å². The number of nitro groups is 1. The lowest BCUT2D eigenvalue weighted by molar-refractivity contribution is -0.385. The van der Waals surface area contributed by atoms with Gasteiger partial charge in [-0.3, -0.25) is 14.8 Å². The molecule has 0 spiro atoms. The van der Waals surface area contributed by atoms with E-state index >= 15 is 0 Å². The van der Waals surface area contributed by atoms with Crippen molar-refractivity contribution in [1.82, 2.24) is 9.78 Å². The number of halogens is 3. The SMILES string of the molecule is CC(Cn1cc([N+](=O)[O-])cn1)(O[Si](C)(C)C)C(F)(F)F. The van der Waals surface area contributed by atoms with Gasteiger partial charge in [0.15, 0.2) is 13.9 Å². The van der Waals surface area contributed by atoms with Gasteiger partial charge in [-0.1, -0.05) is 0 Å². The van der Waals surface area contributed by atoms with Crippen molar-refractivity contribution < 1.29 is 22.5 Å². The van der Waals surface area contributed by atoms with Crippen LogP contribution in [0.1, 0.15) is 6.92 Å². The summed E-state index contributed by atoms with van der Waals surface area (Å²) in [5.41, 5.74) is -2.79. The molecule has 1 atom stereocenters. The van der Waals surface area contributed by atoms with E-state index in [1.165, 1.54) is 0 Å². The Hall–Kier alpha value is -1.42. The van der Waals surface area contributed by atoms with Crippen LogP contribution in [0.3, 0.4) is 0 Å². The van der Waals surface area contributed by atoms with E-state index in [9.17, 15) is 23.3 Å². The molecule has 0 saturated carbocycles. The zero-order valence-corrected chi connectivity index (χ0v) is 12.6. The van der Waals surface area contributed by atoms with E-state index in [4.69, 9.17) is 4.43 Å². The maximum atomic E-state index is 13.2. The Labute approximate surface area is 114 Å². The summed E-state index contributed by atoms with van der Waals surface area (Å²) in [6.45, 7) is 5.22. The lowest BCUT2D eigenvalue weighted by Gasteiger charge is -2.37. The average Bonchev–Trinajstić information content (AvgIpc) is 2.60. The van der Waals surface area contributed by atoms with E-state index in [-0.39, 0.29) is 5.69 Å². The van der Waals surface area contributed by atoms with E-state index in [1.807, 2.05) is 0 Å². The summed E-state index contributed by atoms with van der Waals surface area (Å²) in [6.07, 6.45) is -2.74. The van der Waals surface area contributed by atoms with Crippen LogP contribution < -0.4 is 0 Å². The molecule has 20 heavy (non-hydrogen) atoms. The summed E-state index contributed by atoms with van der Waals surface area (Å²) < 4.78 is 45.8. The molecule has 1 rings (SSSR count). The molecule has 0 saturated heterocycles. The number of nitrogens with zero attached hydrogens (tertiary/aromatic N) is 3. The summed E-state index contributed by atoms with van der Waals surface area (Å²) in [6, 6.07) is 0. The van der Waals surface area contributed by atoms with Gasteiger partial charge in [-0.2, -0.15) is 18.3 Å². The lowest BCUT2D eigenvalue weighted by Crippen LogP contribution is -2.53. The second-order valence-corrected chi connectivity index (χ2v) is 10.0. The zero-order chi connectivity index (χ0) is 15.8. The monoisotopic (exact) mass is 311 g/mol. The second kappa shape index (κ2) is 5.17. The minimum atomic E-state index is -4.60. The third-order valence-electron chi connectivity index (χ3n) is 2.43. The van der Waals surface area contributed by atoms with Gasteiger partial charge in [-0.15, -0.1) is 0 Å². The highest BCUT2D eigenvalue weighted by molar-refractivity contribution is 6.69. The van der Waals surface area contributed by atoms with Gasteiger partial charge in [0.1, 0.15) is 12.4 Å². The average molecular weight is 311 g/mol. The highest BCUT2D eigenvalue weighted by Gasteiger charge is 2.54. The van der Waals surface area contributed by atoms with E-state index in [0.717, 1.165) is 24.0 Å². The first-order valence-corrected chi connectivity index (χ1v) is 9.19. The summed E-state index contributed by atoms with van der Waals surface area (Å²) in [7, 11) is -2.47. The van der Waals surface area contributed by atoms with Crippen molar-refractivity contribution >= 4 is 14.0 Å². The van der Waals surface area contributed by atoms with Crippen LogP contribution >= 0.6 is 0 Å². The van der Waals surface area contributed by atoms with Crippen molar-refractivity contribution in [1.29, 1.82) is 0 Å². The third-order valence-corrected chi connectivity index (χ3v) is 3.49. The second-order valence-electron chi connectivity index (χ2n) is 5.60. The molecule has 0 radical (unpaired) electrons. The van der Waals surface area contributed by atoms with Crippen molar-refractivity contribution in [3.8, 4) is 0 Å². The highest BCUT2D eigenvalue weighted by Crippen LogP contribution is 2.37. The van der Waals surface area contributed by atoms with Crippen LogP contribution in [-0.4, -0.2) is 34.8 Å². The smallest absolute Gasteiger partial charge is 0.403 e. The fourth-order valence-electron chi connectivity index (χ4n) is 1.70. The minimum absolute atomic E-state index is 0.359. The molecule has 0 amide bonds. The molecule has 1 heterocycles. The van der Waals surface area contributed by atoms with E-state index in [0.29, 0.717) is 0 Å². The Kier molecular flexibility index (Phi) is 4.30. The fraction of sp³-hybridized carbons (Fsp3) is 0.700. The molecule has 10 heteroatoms. The molecule has 0 aliphatic carbocycles. The van der Waals surface area contributed by atoms with E-state index in [1.54, 1.807) is 19.6 Å². The van der Waals surface area contributed by atoms with Gasteiger partial charge < -0.3 is 4.43 Å². The first-order valence-electron chi connectivity index (χ1n) is 5.78. The zero-order valence-electron chi connectivity index (χ0n) is 11.6. The van der Waals surface area contributed by atoms with Gasteiger partial charge in [0.2, 0.25) is 0 Å². The molecule has 6 nitrogen and oxygen atoms in total. The number of alkyl halides is 3. The Morgan fingerprint density at radius 1 is 1.45 bits per heavy atom. The molecular formula is C10H16F3N3O3Si. The maximum Gasteiger partial charge on any atom is 0.417 e. The third kappa shape index (κ3) is 4.03. The van der Waals surface area contributed by atoms with Crippen LogP contribution in [0.2, 0.25) is 19.6 Å². The van der Waals surface area contributed by atoms with Gasteiger partial charge >= 0.3 is 11.9 Å². The van der Waals surface area contributed by atoms with Gasteiger partial charge in [0.25, 0.3) is 0 Å². The Bertz CT molecular complexity index is 498. The summed E-state index contributed by atoms with van der Waals surface area (Å²) in [5, 5.41) is 14.1. The fourth-order valence-corrected chi connectivity index (χ4v) is 3.23. The van der Waals surface area contributed by atoms with E-state index in [2.05, 4.69) is 5.10 Å². The molecule has 0 bridgehead atoms. The van der Waals surface area contributed by atoms with Crippen molar-refractivity contribution in [3.63, 3.8) is 0 Å². The largest absolute Gasteiger partial charge is 0.417 e. The molecule has 0 aliphatic rings.